The molecule has 0 heterocycles. The summed E-state index contributed by atoms with van der Waals surface area (Å²) < 4.78 is 63.1. The second-order valence-corrected chi connectivity index (χ2v) is 4.94. The van der Waals surface area contributed by atoms with Gasteiger partial charge in [0.2, 0.25) is 0 Å². The predicted molar refractivity (Wildman–Crippen MR) is 78.0 cm³/mol. The molecular weight excluding hydrogens is 312 g/mol. The van der Waals surface area contributed by atoms with Crippen molar-refractivity contribution >= 4 is 0 Å². The summed E-state index contributed by atoms with van der Waals surface area (Å²) in [4.78, 5) is 0. The van der Waals surface area contributed by atoms with Crippen LogP contribution in [0.1, 0.15) is 18.9 Å². The maximum atomic E-state index is 13.7. The molecule has 2 aromatic carbocycles. The number of hydrogen-bond acceptors (Lipinski definition) is 2. The quantitative estimate of drug-likeness (QED) is 0.644. The lowest BCUT2D eigenvalue weighted by Gasteiger charge is -2.26. The summed E-state index contributed by atoms with van der Waals surface area (Å²) in [5, 5.41) is 0. The van der Waals surface area contributed by atoms with Crippen molar-refractivity contribution in [3.8, 4) is 11.5 Å². The van der Waals surface area contributed by atoms with Gasteiger partial charge in [-0.1, -0.05) is 43.7 Å². The van der Waals surface area contributed by atoms with Gasteiger partial charge in [0.15, 0.2) is 0 Å². The molecule has 0 amide bonds. The highest BCUT2D eigenvalue weighted by Gasteiger charge is 2.63. The number of hydrogen-bond donors (Lipinski definition) is 0. The van der Waals surface area contributed by atoms with Crippen molar-refractivity contribution in [2.75, 3.05) is 0 Å². The lowest BCUT2D eigenvalue weighted by Crippen LogP contribution is -2.49. The molecule has 0 atom stereocenters. The van der Waals surface area contributed by atoms with Crippen molar-refractivity contribution in [2.45, 2.75) is 32.0 Å². The minimum absolute atomic E-state index is 0.355. The predicted octanol–water partition coefficient (Wildman–Crippen LogP) is 5.28. The van der Waals surface area contributed by atoms with E-state index in [4.69, 9.17) is 0 Å². The van der Waals surface area contributed by atoms with E-state index in [1.165, 1.54) is 24.3 Å². The highest BCUT2D eigenvalue weighted by Crippen LogP contribution is 2.38. The second kappa shape index (κ2) is 6.89. The molecule has 124 valence electrons. The number of alkyl halides is 4. The van der Waals surface area contributed by atoms with E-state index in [0.29, 0.717) is 0 Å². The van der Waals surface area contributed by atoms with E-state index in [0.717, 1.165) is 30.5 Å². The van der Waals surface area contributed by atoms with Crippen molar-refractivity contribution < 1.29 is 27.0 Å². The first-order chi connectivity index (χ1) is 10.8. The first-order valence-electron chi connectivity index (χ1n) is 7.12. The first-order valence-corrected chi connectivity index (χ1v) is 7.12. The summed E-state index contributed by atoms with van der Waals surface area (Å²) in [7, 11) is 0. The normalized spacial score (nSPS) is 12.0. The Morgan fingerprint density at radius 3 is 1.70 bits per heavy atom. The van der Waals surface area contributed by atoms with Gasteiger partial charge in [-0.15, -0.1) is 0 Å². The zero-order valence-electron chi connectivity index (χ0n) is 12.4. The largest absolute Gasteiger partial charge is 0.507 e. The fourth-order valence-corrected chi connectivity index (χ4v) is 1.92. The zero-order chi connectivity index (χ0) is 16.9. The summed E-state index contributed by atoms with van der Waals surface area (Å²) >= 11 is 0. The van der Waals surface area contributed by atoms with Crippen LogP contribution in [0.4, 0.5) is 17.6 Å². The second-order valence-electron chi connectivity index (χ2n) is 4.94. The highest BCUT2D eigenvalue weighted by molar-refractivity contribution is 5.28. The number of ether oxygens (including phenoxy) is 2. The maximum Gasteiger partial charge on any atom is 0.507 e. The number of halogens is 4. The van der Waals surface area contributed by atoms with Gasteiger partial charge in [-0.05, 0) is 36.2 Å². The van der Waals surface area contributed by atoms with Crippen molar-refractivity contribution in [1.29, 1.82) is 0 Å². The Morgan fingerprint density at radius 2 is 1.22 bits per heavy atom. The molecule has 0 aliphatic heterocycles. The molecule has 0 bridgehead atoms. The van der Waals surface area contributed by atoms with Crippen LogP contribution in [0, 0.1) is 0 Å². The van der Waals surface area contributed by atoms with Crippen LogP contribution in [0.15, 0.2) is 54.6 Å². The molecule has 6 heteroatoms. The summed E-state index contributed by atoms with van der Waals surface area (Å²) in [5.74, 6) is -0.731. The number of aryl methyl sites for hydroxylation is 1. The summed E-state index contributed by atoms with van der Waals surface area (Å²) in [5.41, 5.74) is 0.912. The molecule has 0 saturated carbocycles. The highest BCUT2D eigenvalue weighted by atomic mass is 19.3. The Balaban J connectivity index is 2.09. The van der Waals surface area contributed by atoms with E-state index < -0.39 is 12.2 Å². The SMILES string of the molecule is CCCc1ccc(OC(F)(F)C(F)(F)Oc2ccccc2)cc1. The minimum atomic E-state index is -4.81. The molecular formula is C17H16F4O2. The van der Waals surface area contributed by atoms with Gasteiger partial charge in [0.1, 0.15) is 11.5 Å². The minimum Gasteiger partial charge on any atom is -0.425 e. The van der Waals surface area contributed by atoms with E-state index in [1.807, 2.05) is 6.92 Å². The zero-order valence-corrected chi connectivity index (χ0v) is 12.4. The van der Waals surface area contributed by atoms with Crippen molar-refractivity contribution in [1.82, 2.24) is 0 Å². The molecule has 0 saturated heterocycles. The van der Waals surface area contributed by atoms with Crippen molar-refractivity contribution in [3.63, 3.8) is 0 Å². The van der Waals surface area contributed by atoms with Gasteiger partial charge >= 0.3 is 12.2 Å². The van der Waals surface area contributed by atoms with Crippen LogP contribution in [-0.2, 0) is 6.42 Å². The standard InChI is InChI=1S/C17H16F4O2/c1-2-6-13-9-11-15(12-10-13)23-17(20,21)16(18,19)22-14-7-4-3-5-8-14/h3-5,7-12H,2,6H2,1H3. The Bertz CT molecular complexity index is 612. The number of rotatable bonds is 7. The van der Waals surface area contributed by atoms with Gasteiger partial charge in [0, 0.05) is 0 Å². The maximum absolute atomic E-state index is 13.7. The van der Waals surface area contributed by atoms with Gasteiger partial charge in [-0.25, -0.2) is 0 Å². The average Bonchev–Trinajstić information content (AvgIpc) is 2.49. The molecule has 2 nitrogen and oxygen atoms in total. The Hall–Kier alpha value is -2.24. The molecule has 2 aromatic rings. The lowest BCUT2D eigenvalue weighted by molar-refractivity contribution is -0.379. The van der Waals surface area contributed by atoms with Crippen LogP contribution < -0.4 is 9.47 Å². The molecule has 0 fully saturated rings. The van der Waals surface area contributed by atoms with Crippen LogP contribution in [0.5, 0.6) is 11.5 Å². The third kappa shape index (κ3) is 4.37. The van der Waals surface area contributed by atoms with Crippen LogP contribution in [-0.4, -0.2) is 12.2 Å². The van der Waals surface area contributed by atoms with Crippen LogP contribution in [0.3, 0.4) is 0 Å². The smallest absolute Gasteiger partial charge is 0.425 e. The number of benzene rings is 2. The average molecular weight is 328 g/mol. The van der Waals surface area contributed by atoms with Crippen molar-refractivity contribution in [2.24, 2.45) is 0 Å². The molecule has 0 aliphatic rings. The van der Waals surface area contributed by atoms with Crippen molar-refractivity contribution in [3.05, 3.63) is 60.2 Å². The van der Waals surface area contributed by atoms with Crippen LogP contribution in [0.2, 0.25) is 0 Å². The third-order valence-corrected chi connectivity index (χ3v) is 3.04. The van der Waals surface area contributed by atoms with Gasteiger partial charge in [0.05, 0.1) is 0 Å². The van der Waals surface area contributed by atoms with E-state index in [-0.39, 0.29) is 11.5 Å². The fourth-order valence-electron chi connectivity index (χ4n) is 1.92. The molecule has 2 rings (SSSR count). The Morgan fingerprint density at radius 1 is 0.739 bits per heavy atom. The topological polar surface area (TPSA) is 18.5 Å². The van der Waals surface area contributed by atoms with Gasteiger partial charge in [0.25, 0.3) is 0 Å². The Kier molecular flexibility index (Phi) is 5.13. The van der Waals surface area contributed by atoms with Gasteiger partial charge in [-0.2, -0.15) is 17.6 Å². The Labute approximate surface area is 131 Å². The lowest BCUT2D eigenvalue weighted by atomic mass is 10.1. The third-order valence-electron chi connectivity index (χ3n) is 3.04. The monoisotopic (exact) mass is 328 g/mol. The summed E-state index contributed by atoms with van der Waals surface area (Å²) in [6.45, 7) is 1.97. The molecule has 0 N–H and O–H groups in total. The van der Waals surface area contributed by atoms with Crippen LogP contribution >= 0.6 is 0 Å². The first kappa shape index (κ1) is 17.1. The molecule has 0 spiro atoms. The van der Waals surface area contributed by atoms with E-state index in [9.17, 15) is 17.6 Å². The van der Waals surface area contributed by atoms with E-state index in [2.05, 4.69) is 9.47 Å². The molecule has 23 heavy (non-hydrogen) atoms. The fraction of sp³-hybridized carbons (Fsp3) is 0.294. The summed E-state index contributed by atoms with van der Waals surface area (Å²) in [6.07, 6.45) is -7.96. The molecule has 0 unspecified atom stereocenters. The van der Waals surface area contributed by atoms with E-state index >= 15 is 0 Å². The summed E-state index contributed by atoms with van der Waals surface area (Å²) in [6, 6.07) is 12.3. The molecule has 0 aromatic heterocycles. The van der Waals surface area contributed by atoms with Gasteiger partial charge < -0.3 is 9.47 Å². The van der Waals surface area contributed by atoms with Crippen LogP contribution in [0.25, 0.3) is 0 Å². The molecule has 0 aliphatic carbocycles. The molecule has 0 radical (unpaired) electrons. The van der Waals surface area contributed by atoms with E-state index in [1.54, 1.807) is 18.2 Å². The number of para-hydroxylation sites is 1. The van der Waals surface area contributed by atoms with Gasteiger partial charge in [-0.3, -0.25) is 0 Å².